The van der Waals surface area contributed by atoms with E-state index < -0.39 is 47.9 Å². The van der Waals surface area contributed by atoms with Crippen LogP contribution in [0.4, 0.5) is 14.5 Å². The normalized spacial score (nSPS) is 23.4. The second kappa shape index (κ2) is 8.81. The fraction of sp³-hybridized carbons (Fsp3) is 0.476. The van der Waals surface area contributed by atoms with E-state index in [2.05, 4.69) is 15.3 Å². The van der Waals surface area contributed by atoms with Gasteiger partial charge in [-0.2, -0.15) is 4.39 Å². The van der Waals surface area contributed by atoms with E-state index in [0.717, 1.165) is 6.07 Å². The smallest absolute Gasteiger partial charge is 0.254 e. The first kappa shape index (κ1) is 23.0. The van der Waals surface area contributed by atoms with Crippen LogP contribution in [0.5, 0.6) is 5.75 Å². The second-order valence-electron chi connectivity index (χ2n) is 7.96. The number of hydrogen-bond acceptors (Lipinski definition) is 7. The first-order valence-corrected chi connectivity index (χ1v) is 9.72. The lowest BCUT2D eigenvalue weighted by molar-refractivity contribution is -0.131. The van der Waals surface area contributed by atoms with Crippen LogP contribution in [0.25, 0.3) is 0 Å². The maximum atomic E-state index is 14.3. The maximum Gasteiger partial charge on any atom is 0.254 e. The lowest BCUT2D eigenvalue weighted by Crippen LogP contribution is -2.33. The Labute approximate surface area is 178 Å². The Kier molecular flexibility index (Phi) is 6.54. The van der Waals surface area contributed by atoms with Crippen LogP contribution in [0.2, 0.25) is 0 Å². The van der Waals surface area contributed by atoms with Crippen molar-refractivity contribution in [3.05, 3.63) is 47.5 Å². The molecule has 168 valence electrons. The number of benzene rings is 1. The molecule has 1 aromatic carbocycles. The zero-order valence-corrected chi connectivity index (χ0v) is 17.6. The maximum absolute atomic E-state index is 14.3. The molecule has 0 aliphatic carbocycles. The largest absolute Gasteiger partial charge is 0.493 e. The zero-order valence-electron chi connectivity index (χ0n) is 17.6. The van der Waals surface area contributed by atoms with Gasteiger partial charge in [0.05, 0.1) is 37.4 Å². The fourth-order valence-electron chi connectivity index (χ4n) is 3.74. The Morgan fingerprint density at radius 1 is 1.32 bits per heavy atom. The number of nitrogens with zero attached hydrogens (tertiary/aromatic N) is 2. The van der Waals surface area contributed by atoms with Crippen LogP contribution in [0.3, 0.4) is 0 Å². The van der Waals surface area contributed by atoms with Gasteiger partial charge in [0, 0.05) is 11.5 Å². The molecule has 2 heterocycles. The van der Waals surface area contributed by atoms with Crippen molar-refractivity contribution in [3.8, 4) is 5.75 Å². The summed E-state index contributed by atoms with van der Waals surface area (Å²) in [5, 5.41) is 21.2. The predicted octanol–water partition coefficient (Wildman–Crippen LogP) is 2.32. The summed E-state index contributed by atoms with van der Waals surface area (Å²) < 4.78 is 39.2. The molecule has 3 N–H and O–H groups in total. The van der Waals surface area contributed by atoms with E-state index in [9.17, 15) is 18.7 Å². The number of methoxy groups -OCH3 is 1. The Balaban J connectivity index is 1.91. The number of carbonyl (C=O) groups excluding carboxylic acids is 1. The van der Waals surface area contributed by atoms with E-state index in [1.807, 2.05) is 20.8 Å². The highest BCUT2D eigenvalue weighted by Crippen LogP contribution is 2.49. The molecule has 0 radical (unpaired) electrons. The van der Waals surface area contributed by atoms with Crippen molar-refractivity contribution in [1.29, 1.82) is 0 Å². The van der Waals surface area contributed by atoms with Crippen LogP contribution in [0.15, 0.2) is 24.5 Å². The first-order valence-electron chi connectivity index (χ1n) is 9.72. The number of nitrogens with one attached hydrogen (secondary N) is 1. The number of hydrogen-bond donors (Lipinski definition) is 3. The van der Waals surface area contributed by atoms with Crippen molar-refractivity contribution < 1.29 is 33.3 Å². The monoisotopic (exact) mass is 437 g/mol. The average molecular weight is 437 g/mol. The SMILES string of the molecule is COc1c(C2[C@H](C(=O)Nc3cnc([C@H](O)CO)nc3)OC(C)(C)[C@H]2C)ccc(F)c1F. The number of rotatable bonds is 6. The summed E-state index contributed by atoms with van der Waals surface area (Å²) in [6.07, 6.45) is 0.326. The van der Waals surface area contributed by atoms with Gasteiger partial charge in [-0.15, -0.1) is 0 Å². The zero-order chi connectivity index (χ0) is 22.9. The topological polar surface area (TPSA) is 114 Å². The van der Waals surface area contributed by atoms with Gasteiger partial charge in [-0.3, -0.25) is 4.79 Å². The third-order valence-corrected chi connectivity index (χ3v) is 5.70. The molecule has 10 heteroatoms. The molecular weight excluding hydrogens is 412 g/mol. The van der Waals surface area contributed by atoms with Gasteiger partial charge in [0.25, 0.3) is 5.91 Å². The van der Waals surface area contributed by atoms with Crippen LogP contribution < -0.4 is 10.1 Å². The number of aliphatic hydroxyl groups excluding tert-OH is 2. The van der Waals surface area contributed by atoms with Gasteiger partial charge >= 0.3 is 0 Å². The Bertz CT molecular complexity index is 955. The lowest BCUT2D eigenvalue weighted by Gasteiger charge is -2.25. The number of aliphatic hydroxyl groups is 2. The van der Waals surface area contributed by atoms with Gasteiger partial charge in [-0.1, -0.05) is 13.0 Å². The molecular formula is C21H25F2N3O5. The molecule has 1 unspecified atom stereocenters. The van der Waals surface area contributed by atoms with Gasteiger partial charge in [0.1, 0.15) is 12.2 Å². The molecule has 1 aliphatic rings. The molecule has 2 aromatic rings. The standard InChI is InChI=1S/C21H25F2N3O5/c1-10-15(12-5-6-13(22)16(23)17(12)30-4)18(31-21(10,2)3)20(29)26-11-7-24-19(25-8-11)14(28)9-27/h5-8,10,14-15,18,27-28H,9H2,1-4H3,(H,26,29)/t10-,14+,15?,18+/m0/s1. The summed E-state index contributed by atoms with van der Waals surface area (Å²) in [5.41, 5.74) is -0.151. The summed E-state index contributed by atoms with van der Waals surface area (Å²) in [6, 6.07) is 2.40. The number of aromatic nitrogens is 2. The molecule has 1 aromatic heterocycles. The molecule has 0 bridgehead atoms. The van der Waals surface area contributed by atoms with E-state index >= 15 is 0 Å². The molecule has 3 rings (SSSR count). The second-order valence-corrected chi connectivity index (χ2v) is 7.96. The van der Waals surface area contributed by atoms with Gasteiger partial charge in [-0.25, -0.2) is 14.4 Å². The molecule has 8 nitrogen and oxygen atoms in total. The van der Waals surface area contributed by atoms with Crippen molar-refractivity contribution in [2.24, 2.45) is 5.92 Å². The summed E-state index contributed by atoms with van der Waals surface area (Å²) in [7, 11) is 1.24. The first-order chi connectivity index (χ1) is 14.6. The molecule has 4 atom stereocenters. The molecule has 1 fully saturated rings. The van der Waals surface area contributed by atoms with Crippen molar-refractivity contribution in [1.82, 2.24) is 9.97 Å². The van der Waals surface area contributed by atoms with Crippen LogP contribution in [-0.4, -0.2) is 51.5 Å². The Morgan fingerprint density at radius 3 is 2.55 bits per heavy atom. The van der Waals surface area contributed by atoms with Crippen LogP contribution in [0, 0.1) is 17.6 Å². The quantitative estimate of drug-likeness (QED) is 0.636. The molecule has 1 saturated heterocycles. The summed E-state index contributed by atoms with van der Waals surface area (Å²) in [6.45, 7) is 4.97. The highest BCUT2D eigenvalue weighted by Gasteiger charge is 2.51. The number of amides is 1. The minimum atomic E-state index is -1.23. The lowest BCUT2D eigenvalue weighted by atomic mass is 9.78. The molecule has 0 saturated carbocycles. The van der Waals surface area contributed by atoms with Crippen molar-refractivity contribution >= 4 is 11.6 Å². The van der Waals surface area contributed by atoms with E-state index in [1.165, 1.54) is 25.6 Å². The third kappa shape index (κ3) is 4.36. The summed E-state index contributed by atoms with van der Waals surface area (Å²) in [4.78, 5) is 20.9. The summed E-state index contributed by atoms with van der Waals surface area (Å²) >= 11 is 0. The minimum absolute atomic E-state index is 0.0109. The minimum Gasteiger partial charge on any atom is -0.493 e. The predicted molar refractivity (Wildman–Crippen MR) is 106 cm³/mol. The Morgan fingerprint density at radius 2 is 1.97 bits per heavy atom. The highest BCUT2D eigenvalue weighted by molar-refractivity contribution is 5.95. The van der Waals surface area contributed by atoms with E-state index in [4.69, 9.17) is 14.6 Å². The van der Waals surface area contributed by atoms with Crippen molar-refractivity contribution in [2.75, 3.05) is 19.0 Å². The highest BCUT2D eigenvalue weighted by atomic mass is 19.2. The summed E-state index contributed by atoms with van der Waals surface area (Å²) in [5.74, 6) is -3.79. The molecule has 0 spiro atoms. The average Bonchev–Trinajstić information content (AvgIpc) is 2.99. The van der Waals surface area contributed by atoms with Gasteiger partial charge in [0.2, 0.25) is 5.82 Å². The van der Waals surface area contributed by atoms with Crippen molar-refractivity contribution in [3.63, 3.8) is 0 Å². The Hall–Kier alpha value is -2.69. The number of carbonyl (C=O) groups is 1. The van der Waals surface area contributed by atoms with Crippen molar-refractivity contribution in [2.45, 2.75) is 44.5 Å². The van der Waals surface area contributed by atoms with E-state index in [0.29, 0.717) is 5.56 Å². The number of anilines is 1. The molecule has 1 aliphatic heterocycles. The van der Waals surface area contributed by atoms with Gasteiger partial charge in [-0.05, 0) is 25.8 Å². The fourth-order valence-corrected chi connectivity index (χ4v) is 3.74. The third-order valence-electron chi connectivity index (χ3n) is 5.70. The van der Waals surface area contributed by atoms with Crippen LogP contribution >= 0.6 is 0 Å². The van der Waals surface area contributed by atoms with Crippen LogP contribution in [-0.2, 0) is 9.53 Å². The van der Waals surface area contributed by atoms with Gasteiger partial charge in [0.15, 0.2) is 17.4 Å². The molecule has 1 amide bonds. The van der Waals surface area contributed by atoms with Gasteiger partial charge < -0.3 is 25.0 Å². The number of halogens is 2. The van der Waals surface area contributed by atoms with E-state index in [1.54, 1.807) is 0 Å². The molecule has 31 heavy (non-hydrogen) atoms. The number of ether oxygens (including phenoxy) is 2. The van der Waals surface area contributed by atoms with Crippen LogP contribution in [0.1, 0.15) is 44.2 Å². The van der Waals surface area contributed by atoms with E-state index in [-0.39, 0.29) is 23.2 Å².